The summed E-state index contributed by atoms with van der Waals surface area (Å²) in [4.78, 5) is 0. The van der Waals surface area contributed by atoms with Crippen molar-refractivity contribution in [2.45, 2.75) is 53.0 Å². The molecule has 18 heavy (non-hydrogen) atoms. The predicted molar refractivity (Wildman–Crippen MR) is 80.9 cm³/mol. The minimum atomic E-state index is 0.187. The van der Waals surface area contributed by atoms with E-state index in [1.807, 2.05) is 11.7 Å². The largest absolute Gasteiger partial charge is 0.312 e. The Hall–Kier alpha value is -0.350. The summed E-state index contributed by atoms with van der Waals surface area (Å²) >= 11 is 3.68. The Morgan fingerprint density at radius 1 is 1.39 bits per heavy atom. The maximum absolute atomic E-state index is 4.54. The molecule has 0 fully saturated rings. The summed E-state index contributed by atoms with van der Waals surface area (Å²) in [7, 11) is 2.03. The lowest BCUT2D eigenvalue weighted by Crippen LogP contribution is -2.39. The number of rotatable bonds is 5. The van der Waals surface area contributed by atoms with E-state index in [1.165, 1.54) is 10.2 Å². The topological polar surface area (TPSA) is 29.9 Å². The summed E-state index contributed by atoms with van der Waals surface area (Å²) in [6, 6.07) is 0. The standard InChI is InChI=1S/C14H26BrN3/c1-7-11-13(15)12(18(6)17-11)8-10(2)9-16-14(3,4)5/h10,16H,7-9H2,1-6H3. The summed E-state index contributed by atoms with van der Waals surface area (Å²) < 4.78 is 3.20. The Balaban J connectivity index is 2.64. The Morgan fingerprint density at radius 2 is 2.00 bits per heavy atom. The zero-order valence-electron chi connectivity index (χ0n) is 12.5. The zero-order valence-corrected chi connectivity index (χ0v) is 14.1. The highest BCUT2D eigenvalue weighted by Crippen LogP contribution is 2.24. The lowest BCUT2D eigenvalue weighted by atomic mass is 10.0. The fraction of sp³-hybridized carbons (Fsp3) is 0.786. The molecule has 1 heterocycles. The first-order chi connectivity index (χ1) is 8.24. The molecule has 0 saturated carbocycles. The molecule has 0 bridgehead atoms. The molecule has 4 heteroatoms. The summed E-state index contributed by atoms with van der Waals surface area (Å²) in [5.74, 6) is 0.598. The van der Waals surface area contributed by atoms with Crippen molar-refractivity contribution in [2.75, 3.05) is 6.54 Å². The molecule has 1 unspecified atom stereocenters. The molecule has 0 aliphatic carbocycles. The zero-order chi connectivity index (χ0) is 13.9. The first kappa shape index (κ1) is 15.7. The van der Waals surface area contributed by atoms with Crippen molar-refractivity contribution in [3.8, 4) is 0 Å². The van der Waals surface area contributed by atoms with E-state index in [0.717, 1.165) is 25.1 Å². The maximum Gasteiger partial charge on any atom is 0.0766 e. The fourth-order valence-corrected chi connectivity index (χ4v) is 2.70. The van der Waals surface area contributed by atoms with Crippen LogP contribution in [0.2, 0.25) is 0 Å². The Morgan fingerprint density at radius 3 is 2.44 bits per heavy atom. The second-order valence-corrected chi connectivity index (χ2v) is 6.92. The monoisotopic (exact) mass is 315 g/mol. The number of nitrogens with zero attached hydrogens (tertiary/aromatic N) is 2. The third kappa shape index (κ3) is 4.39. The number of hydrogen-bond donors (Lipinski definition) is 1. The van der Waals surface area contributed by atoms with Gasteiger partial charge in [-0.05, 0) is 62.0 Å². The molecular weight excluding hydrogens is 290 g/mol. The van der Waals surface area contributed by atoms with Crippen LogP contribution < -0.4 is 5.32 Å². The first-order valence-electron chi connectivity index (χ1n) is 6.70. The van der Waals surface area contributed by atoms with Gasteiger partial charge in [-0.3, -0.25) is 4.68 Å². The number of hydrogen-bond acceptors (Lipinski definition) is 2. The highest BCUT2D eigenvalue weighted by molar-refractivity contribution is 9.10. The third-order valence-electron chi connectivity index (χ3n) is 3.03. The Bertz CT molecular complexity index is 390. The number of aromatic nitrogens is 2. The molecule has 3 nitrogen and oxygen atoms in total. The van der Waals surface area contributed by atoms with Crippen molar-refractivity contribution in [3.05, 3.63) is 15.9 Å². The van der Waals surface area contributed by atoms with Crippen LogP contribution in [0.4, 0.5) is 0 Å². The van der Waals surface area contributed by atoms with Crippen molar-refractivity contribution in [1.29, 1.82) is 0 Å². The van der Waals surface area contributed by atoms with Gasteiger partial charge in [0.1, 0.15) is 0 Å². The molecule has 0 aromatic carbocycles. The van der Waals surface area contributed by atoms with Crippen LogP contribution in [0.25, 0.3) is 0 Å². The van der Waals surface area contributed by atoms with Crippen molar-refractivity contribution in [1.82, 2.24) is 15.1 Å². The molecule has 0 amide bonds. The van der Waals surface area contributed by atoms with Gasteiger partial charge < -0.3 is 5.32 Å². The SMILES string of the molecule is CCc1nn(C)c(CC(C)CNC(C)(C)C)c1Br. The minimum absolute atomic E-state index is 0.187. The summed E-state index contributed by atoms with van der Waals surface area (Å²) in [5, 5.41) is 8.10. The molecule has 0 aliphatic heterocycles. The average Bonchev–Trinajstić information content (AvgIpc) is 2.53. The average molecular weight is 316 g/mol. The highest BCUT2D eigenvalue weighted by atomic mass is 79.9. The molecule has 1 N–H and O–H groups in total. The van der Waals surface area contributed by atoms with Gasteiger partial charge in [-0.15, -0.1) is 0 Å². The third-order valence-corrected chi connectivity index (χ3v) is 3.94. The molecule has 1 aromatic heterocycles. The molecule has 0 radical (unpaired) electrons. The lowest BCUT2D eigenvalue weighted by molar-refractivity contribution is 0.378. The van der Waals surface area contributed by atoms with Crippen LogP contribution >= 0.6 is 15.9 Å². The van der Waals surface area contributed by atoms with Crippen LogP contribution in [0, 0.1) is 5.92 Å². The molecule has 1 aromatic rings. The van der Waals surface area contributed by atoms with Crippen LogP contribution in [0.15, 0.2) is 4.47 Å². The molecule has 104 valence electrons. The van der Waals surface area contributed by atoms with E-state index < -0.39 is 0 Å². The highest BCUT2D eigenvalue weighted by Gasteiger charge is 2.16. The van der Waals surface area contributed by atoms with Crippen LogP contribution in [0.1, 0.15) is 46.0 Å². The van der Waals surface area contributed by atoms with Crippen LogP contribution in [-0.4, -0.2) is 21.9 Å². The summed E-state index contributed by atoms with van der Waals surface area (Å²) in [5.41, 5.74) is 2.64. The molecule has 0 aliphatic rings. The minimum Gasteiger partial charge on any atom is -0.312 e. The van der Waals surface area contributed by atoms with Gasteiger partial charge in [0.15, 0.2) is 0 Å². The molecule has 1 atom stereocenters. The fourth-order valence-electron chi connectivity index (χ4n) is 1.92. The van der Waals surface area contributed by atoms with Gasteiger partial charge in [-0.25, -0.2) is 0 Å². The summed E-state index contributed by atoms with van der Waals surface area (Å²) in [6.07, 6.45) is 2.02. The van der Waals surface area contributed by atoms with E-state index in [2.05, 4.69) is 61.0 Å². The van der Waals surface area contributed by atoms with E-state index in [4.69, 9.17) is 0 Å². The van der Waals surface area contributed by atoms with E-state index in [9.17, 15) is 0 Å². The molecule has 0 spiro atoms. The number of nitrogens with one attached hydrogen (secondary N) is 1. The molecular formula is C14H26BrN3. The lowest BCUT2D eigenvalue weighted by Gasteiger charge is -2.23. The van der Waals surface area contributed by atoms with Crippen LogP contribution in [0.5, 0.6) is 0 Å². The summed E-state index contributed by atoms with van der Waals surface area (Å²) in [6.45, 7) is 12.1. The van der Waals surface area contributed by atoms with Gasteiger partial charge in [-0.2, -0.15) is 5.10 Å². The normalized spacial score (nSPS) is 13.9. The van der Waals surface area contributed by atoms with Gasteiger partial charge >= 0.3 is 0 Å². The van der Waals surface area contributed by atoms with Gasteiger partial charge in [0.2, 0.25) is 0 Å². The van der Waals surface area contributed by atoms with Crippen molar-refractivity contribution in [3.63, 3.8) is 0 Å². The van der Waals surface area contributed by atoms with Crippen molar-refractivity contribution in [2.24, 2.45) is 13.0 Å². The maximum atomic E-state index is 4.54. The van der Waals surface area contributed by atoms with Gasteiger partial charge in [-0.1, -0.05) is 13.8 Å². The second-order valence-electron chi connectivity index (χ2n) is 6.12. The number of aryl methyl sites for hydroxylation is 2. The smallest absolute Gasteiger partial charge is 0.0766 e. The van der Waals surface area contributed by atoms with E-state index in [-0.39, 0.29) is 5.54 Å². The molecule has 1 rings (SSSR count). The second kappa shape index (κ2) is 6.20. The van der Waals surface area contributed by atoms with Crippen LogP contribution in [0.3, 0.4) is 0 Å². The van der Waals surface area contributed by atoms with Gasteiger partial charge in [0, 0.05) is 12.6 Å². The first-order valence-corrected chi connectivity index (χ1v) is 7.49. The van der Waals surface area contributed by atoms with E-state index in [0.29, 0.717) is 5.92 Å². The molecule has 0 saturated heterocycles. The Kier molecular flexibility index (Phi) is 5.41. The van der Waals surface area contributed by atoms with Crippen molar-refractivity contribution < 1.29 is 0 Å². The van der Waals surface area contributed by atoms with Crippen LogP contribution in [-0.2, 0) is 19.9 Å². The van der Waals surface area contributed by atoms with E-state index >= 15 is 0 Å². The quantitative estimate of drug-likeness (QED) is 0.903. The number of halogens is 1. The van der Waals surface area contributed by atoms with Gasteiger partial charge in [0.25, 0.3) is 0 Å². The van der Waals surface area contributed by atoms with Gasteiger partial charge in [0.05, 0.1) is 15.9 Å². The van der Waals surface area contributed by atoms with E-state index in [1.54, 1.807) is 0 Å². The van der Waals surface area contributed by atoms with Crippen molar-refractivity contribution >= 4 is 15.9 Å². The Labute approximate surface area is 119 Å². The predicted octanol–water partition coefficient (Wildman–Crippen LogP) is 3.31.